The average molecular weight is 229 g/mol. The number of nitrogens with one attached hydrogen (secondary N) is 2. The first kappa shape index (κ1) is 11.6. The number of aliphatic imine (C=N–C) groups is 1. The van der Waals surface area contributed by atoms with Crippen molar-refractivity contribution in [1.82, 2.24) is 15.6 Å². The van der Waals surface area contributed by atoms with E-state index >= 15 is 0 Å². The highest BCUT2D eigenvalue weighted by Gasteiger charge is 2.34. The third kappa shape index (κ3) is 2.29. The maximum Gasteiger partial charge on any atom is 0.400 e. The molecule has 2 N–H and O–H groups in total. The average Bonchev–Trinajstić information content (AvgIpc) is 2.40. The fraction of sp³-hybridized carbons (Fsp3) is 0.333. The minimum atomic E-state index is -1.33. The molecule has 5 amide bonds. The molecule has 1 saturated heterocycles. The van der Waals surface area contributed by atoms with Gasteiger partial charge in [0.2, 0.25) is 5.84 Å². The normalized spacial score (nSPS) is 17.6. The molecule has 10 heteroatoms. The Morgan fingerprint density at radius 1 is 1.62 bits per heavy atom. The van der Waals surface area contributed by atoms with Crippen LogP contribution in [0.15, 0.2) is 4.99 Å². The second-order valence-electron chi connectivity index (χ2n) is 2.61. The molecule has 0 bridgehead atoms. The molecule has 0 radical (unpaired) electrons. The number of carbonyl (C=O) groups excluding carboxylic acids is 3. The Morgan fingerprint density at radius 2 is 2.25 bits per heavy atom. The van der Waals surface area contributed by atoms with Crippen LogP contribution in [0.25, 0.3) is 0 Å². The quantitative estimate of drug-likeness (QED) is 0.350. The molecule has 0 spiro atoms. The van der Waals surface area contributed by atoms with E-state index in [1.165, 1.54) is 5.43 Å². The van der Waals surface area contributed by atoms with Crippen LogP contribution in [-0.2, 0) is 4.79 Å². The number of hydrogen-bond donors (Lipinski definition) is 2. The number of hydrogen-bond acceptors (Lipinski definition) is 5. The first-order valence-corrected chi connectivity index (χ1v) is 4.12. The van der Waals surface area contributed by atoms with Gasteiger partial charge in [0.1, 0.15) is 0 Å². The van der Waals surface area contributed by atoms with Crippen LogP contribution in [0.3, 0.4) is 0 Å². The summed E-state index contributed by atoms with van der Waals surface area (Å²) in [5, 5.41) is 10.7. The Kier molecular flexibility index (Phi) is 3.13. The van der Waals surface area contributed by atoms with Crippen molar-refractivity contribution in [3.8, 4) is 0 Å². The van der Waals surface area contributed by atoms with Crippen LogP contribution in [0.4, 0.5) is 9.59 Å². The molecule has 0 aromatic carbocycles. The molecule has 0 aromatic heterocycles. The topological polar surface area (TPSA) is 134 Å². The van der Waals surface area contributed by atoms with Gasteiger partial charge in [0, 0.05) is 6.54 Å². The van der Waals surface area contributed by atoms with Crippen LogP contribution < -0.4 is 10.7 Å². The molecule has 10 nitrogen and oxygen atoms in total. The number of nitro groups is 1. The first-order valence-electron chi connectivity index (χ1n) is 4.12. The van der Waals surface area contributed by atoms with Gasteiger partial charge in [-0.05, 0) is 12.3 Å². The van der Waals surface area contributed by atoms with E-state index in [2.05, 4.69) is 4.99 Å². The smallest absolute Gasteiger partial charge is 0.274 e. The van der Waals surface area contributed by atoms with Gasteiger partial charge >= 0.3 is 12.1 Å². The molecule has 86 valence electrons. The summed E-state index contributed by atoms with van der Waals surface area (Å²) in [5.41, 5.74) is 1.23. The Bertz CT molecular complexity index is 402. The van der Waals surface area contributed by atoms with Crippen LogP contribution in [0.1, 0.15) is 6.92 Å². The summed E-state index contributed by atoms with van der Waals surface area (Å²) < 4.78 is 0. The number of urea groups is 2. The van der Waals surface area contributed by atoms with Crippen LogP contribution in [0.2, 0.25) is 0 Å². The molecule has 0 aromatic rings. The van der Waals surface area contributed by atoms with Gasteiger partial charge in [0.15, 0.2) is 5.03 Å². The zero-order valence-electron chi connectivity index (χ0n) is 8.09. The molecule has 0 aliphatic carbocycles. The largest absolute Gasteiger partial charge is 0.400 e. The van der Waals surface area contributed by atoms with Crippen molar-refractivity contribution in [1.29, 1.82) is 0 Å². The highest BCUT2D eigenvalue weighted by atomic mass is 16.7. The molecule has 1 aliphatic heterocycles. The van der Waals surface area contributed by atoms with Gasteiger partial charge in [-0.1, -0.05) is 0 Å². The predicted octanol–water partition coefficient (Wildman–Crippen LogP) is -1.14. The van der Waals surface area contributed by atoms with Gasteiger partial charge in [-0.15, -0.1) is 0 Å². The van der Waals surface area contributed by atoms with Crippen molar-refractivity contribution in [2.75, 3.05) is 6.54 Å². The summed E-state index contributed by atoms with van der Waals surface area (Å²) in [7, 11) is 0. The minimum Gasteiger partial charge on any atom is -0.274 e. The monoisotopic (exact) mass is 229 g/mol. The lowest BCUT2D eigenvalue weighted by molar-refractivity contribution is -0.527. The number of nitrogens with zero attached hydrogens (tertiary/aromatic N) is 3. The second-order valence-corrected chi connectivity index (χ2v) is 2.61. The number of rotatable bonds is 2. The number of likely N-dealkylation sites (N-methyl/N-ethyl adjacent to an activating group) is 1. The van der Waals surface area contributed by atoms with Crippen molar-refractivity contribution >= 4 is 23.8 Å². The summed E-state index contributed by atoms with van der Waals surface area (Å²) in [6, 6.07) is -2.05. The van der Waals surface area contributed by atoms with E-state index in [4.69, 9.17) is 0 Å². The van der Waals surface area contributed by atoms with Crippen LogP contribution in [-0.4, -0.2) is 40.3 Å². The van der Waals surface area contributed by atoms with E-state index in [9.17, 15) is 24.5 Å². The van der Waals surface area contributed by atoms with E-state index in [1.807, 2.05) is 5.32 Å². The van der Waals surface area contributed by atoms with Gasteiger partial charge in [-0.25, -0.2) is 19.7 Å². The van der Waals surface area contributed by atoms with Gasteiger partial charge in [-0.2, -0.15) is 4.99 Å². The summed E-state index contributed by atoms with van der Waals surface area (Å²) in [6.45, 7) is 1.67. The maximum atomic E-state index is 11.1. The van der Waals surface area contributed by atoms with Crippen molar-refractivity contribution in [2.24, 2.45) is 4.99 Å². The molecule has 0 saturated carbocycles. The lowest BCUT2D eigenvalue weighted by Crippen LogP contribution is -2.34. The Labute approximate surface area is 88.4 Å². The molecule has 1 rings (SSSR count). The zero-order chi connectivity index (χ0) is 12.3. The fourth-order valence-corrected chi connectivity index (χ4v) is 1.04. The van der Waals surface area contributed by atoms with Crippen LogP contribution in [0, 0.1) is 10.1 Å². The second kappa shape index (κ2) is 4.33. The summed E-state index contributed by atoms with van der Waals surface area (Å²) in [4.78, 5) is 47.0. The Morgan fingerprint density at radius 3 is 2.75 bits per heavy atom. The summed E-state index contributed by atoms with van der Waals surface area (Å²) >= 11 is 0. The Balaban J connectivity index is 2.88. The van der Waals surface area contributed by atoms with Gasteiger partial charge < -0.3 is 0 Å². The highest BCUT2D eigenvalue weighted by Crippen LogP contribution is 2.02. The molecule has 1 aliphatic rings. The molecular formula is C6H7N5O5. The van der Waals surface area contributed by atoms with Gasteiger partial charge in [-0.3, -0.25) is 15.0 Å². The molecule has 1 heterocycles. The third-order valence-electron chi connectivity index (χ3n) is 1.63. The zero-order valence-corrected chi connectivity index (χ0v) is 8.09. The van der Waals surface area contributed by atoms with Crippen molar-refractivity contribution in [3.05, 3.63) is 10.1 Å². The summed E-state index contributed by atoms with van der Waals surface area (Å²) in [6.07, 6.45) is 0. The number of amides is 5. The van der Waals surface area contributed by atoms with Crippen molar-refractivity contribution < 1.29 is 19.4 Å². The number of carbonyl (C=O) groups is 3. The minimum absolute atomic E-state index is 0.113. The molecule has 0 unspecified atom stereocenters. The molecule has 16 heavy (non-hydrogen) atoms. The number of hydrazine groups is 1. The maximum absolute atomic E-state index is 11.1. The predicted molar refractivity (Wildman–Crippen MR) is 48.9 cm³/mol. The fourth-order valence-electron chi connectivity index (χ4n) is 1.04. The molecule has 0 atom stereocenters. The third-order valence-corrected chi connectivity index (χ3v) is 1.63. The standard InChI is InChI=1S/C6H7N5O5/c1-2-10-3(4(12)8-6(10)14)7-5(13)9-11(15)16/h2H2,1H3,(H,9,13)(H,8,12,14). The van der Waals surface area contributed by atoms with E-state index in [0.717, 1.165) is 4.90 Å². The van der Waals surface area contributed by atoms with Gasteiger partial charge in [0.05, 0.1) is 0 Å². The molecular weight excluding hydrogens is 222 g/mol. The SMILES string of the molecule is CCN1C(=O)NC(=O)C1=NC(=O)N[N+](=O)[O-]. The lowest BCUT2D eigenvalue weighted by Gasteiger charge is -2.09. The van der Waals surface area contributed by atoms with Crippen molar-refractivity contribution in [2.45, 2.75) is 6.92 Å². The van der Waals surface area contributed by atoms with E-state index in [0.29, 0.717) is 0 Å². The van der Waals surface area contributed by atoms with E-state index in [-0.39, 0.29) is 6.54 Å². The van der Waals surface area contributed by atoms with Crippen molar-refractivity contribution in [3.63, 3.8) is 0 Å². The lowest BCUT2D eigenvalue weighted by atomic mass is 10.5. The van der Waals surface area contributed by atoms with Crippen LogP contribution >= 0.6 is 0 Å². The van der Waals surface area contributed by atoms with Crippen LogP contribution in [0.5, 0.6) is 0 Å². The number of imide groups is 1. The van der Waals surface area contributed by atoms with E-state index < -0.39 is 28.8 Å². The molecule has 1 fully saturated rings. The van der Waals surface area contributed by atoms with E-state index in [1.54, 1.807) is 6.92 Å². The highest BCUT2D eigenvalue weighted by molar-refractivity contribution is 6.48. The summed E-state index contributed by atoms with van der Waals surface area (Å²) in [5.74, 6) is -1.34. The number of amidine groups is 1. The van der Waals surface area contributed by atoms with Gasteiger partial charge in [0.25, 0.3) is 5.91 Å². The first-order chi connectivity index (χ1) is 7.45. The Hall–Kier alpha value is -2.52.